The number of benzene rings is 2. The summed E-state index contributed by atoms with van der Waals surface area (Å²) in [4.78, 5) is 23.8. The van der Waals surface area contributed by atoms with Crippen molar-refractivity contribution >= 4 is 34.5 Å². The maximum absolute atomic E-state index is 13.6. The fraction of sp³-hybridized carbons (Fsp3) is 0.176. The van der Waals surface area contributed by atoms with Crippen molar-refractivity contribution in [3.8, 4) is 0 Å². The fourth-order valence-electron chi connectivity index (χ4n) is 2.03. The van der Waals surface area contributed by atoms with Crippen LogP contribution in [-0.2, 0) is 9.53 Å². The third kappa shape index (κ3) is 4.73. The molecule has 1 N–H and O–H groups in total. The van der Waals surface area contributed by atoms with Crippen LogP contribution < -0.4 is 5.32 Å². The second-order valence-electron chi connectivity index (χ2n) is 4.96. The van der Waals surface area contributed by atoms with E-state index in [1.807, 2.05) is 22.6 Å². The van der Waals surface area contributed by atoms with Crippen LogP contribution in [0, 0.1) is 15.2 Å². The Kier molecular flexibility index (Phi) is 6.24. The van der Waals surface area contributed by atoms with Crippen LogP contribution in [0.2, 0.25) is 0 Å². The van der Waals surface area contributed by atoms with Crippen LogP contribution >= 0.6 is 22.6 Å². The molecule has 0 heterocycles. The zero-order valence-electron chi connectivity index (χ0n) is 12.7. The summed E-state index contributed by atoms with van der Waals surface area (Å²) in [5, 5.41) is 2.45. The van der Waals surface area contributed by atoms with Gasteiger partial charge in [-0.05, 0) is 53.8 Å². The zero-order valence-corrected chi connectivity index (χ0v) is 14.8. The van der Waals surface area contributed by atoms with Crippen LogP contribution in [0.25, 0.3) is 0 Å². The topological polar surface area (TPSA) is 55.4 Å². The largest absolute Gasteiger partial charge is 0.456 e. The van der Waals surface area contributed by atoms with Gasteiger partial charge in [0, 0.05) is 15.2 Å². The van der Waals surface area contributed by atoms with Gasteiger partial charge in [0.1, 0.15) is 24.3 Å². The molecular weight excluding hydrogens is 431 g/mol. The lowest BCUT2D eigenvalue weighted by Crippen LogP contribution is -2.31. The van der Waals surface area contributed by atoms with Gasteiger partial charge in [-0.2, -0.15) is 0 Å². The van der Waals surface area contributed by atoms with E-state index in [1.165, 1.54) is 13.0 Å². The Morgan fingerprint density at radius 3 is 2.58 bits per heavy atom. The molecule has 2 aromatic carbocycles. The Bertz CT molecular complexity index is 767. The first-order valence-corrected chi connectivity index (χ1v) is 8.13. The Morgan fingerprint density at radius 1 is 1.21 bits per heavy atom. The highest BCUT2D eigenvalue weighted by atomic mass is 127. The Hall–Kier alpha value is -2.03. The maximum atomic E-state index is 13.6. The minimum atomic E-state index is -0.896. The van der Waals surface area contributed by atoms with Gasteiger partial charge in [0.15, 0.2) is 0 Å². The molecule has 126 valence electrons. The van der Waals surface area contributed by atoms with Crippen molar-refractivity contribution in [2.45, 2.75) is 13.0 Å². The molecule has 2 aromatic rings. The first-order valence-electron chi connectivity index (χ1n) is 7.05. The lowest BCUT2D eigenvalue weighted by Gasteiger charge is -2.15. The van der Waals surface area contributed by atoms with Crippen molar-refractivity contribution < 1.29 is 23.1 Å². The van der Waals surface area contributed by atoms with E-state index in [-0.39, 0.29) is 12.1 Å². The van der Waals surface area contributed by atoms with Gasteiger partial charge in [-0.25, -0.2) is 8.78 Å². The van der Waals surface area contributed by atoms with Crippen molar-refractivity contribution in [1.29, 1.82) is 0 Å². The molecule has 4 nitrogen and oxygen atoms in total. The number of rotatable bonds is 5. The average Bonchev–Trinajstić information content (AvgIpc) is 2.52. The molecule has 0 saturated carbocycles. The molecule has 24 heavy (non-hydrogen) atoms. The molecule has 0 saturated heterocycles. The van der Waals surface area contributed by atoms with Crippen LogP contribution in [0.1, 0.15) is 28.9 Å². The molecule has 2 rings (SSSR count). The number of hydrogen-bond donors (Lipinski definition) is 1. The highest BCUT2D eigenvalue weighted by Crippen LogP contribution is 2.21. The van der Waals surface area contributed by atoms with Gasteiger partial charge in [-0.15, -0.1) is 0 Å². The minimum Gasteiger partial charge on any atom is -0.456 e. The van der Waals surface area contributed by atoms with Crippen molar-refractivity contribution in [3.05, 3.63) is 68.8 Å². The molecule has 0 aliphatic carbocycles. The summed E-state index contributed by atoms with van der Waals surface area (Å²) in [7, 11) is 0. The van der Waals surface area contributed by atoms with E-state index in [0.29, 0.717) is 5.56 Å². The van der Waals surface area contributed by atoms with E-state index in [0.717, 1.165) is 15.7 Å². The molecule has 1 unspecified atom stereocenters. The lowest BCUT2D eigenvalue weighted by atomic mass is 10.1. The first kappa shape index (κ1) is 18.3. The summed E-state index contributed by atoms with van der Waals surface area (Å²) in [6.07, 6.45) is -0.896. The quantitative estimate of drug-likeness (QED) is 0.566. The van der Waals surface area contributed by atoms with E-state index in [1.54, 1.807) is 24.3 Å². The second kappa shape index (κ2) is 8.18. The van der Waals surface area contributed by atoms with Gasteiger partial charge in [0.2, 0.25) is 0 Å². The number of carbonyl (C=O) groups is 2. The number of nitrogens with one attached hydrogen (secondary N) is 1. The van der Waals surface area contributed by atoms with E-state index in [9.17, 15) is 18.4 Å². The van der Waals surface area contributed by atoms with Crippen molar-refractivity contribution in [1.82, 2.24) is 5.32 Å². The molecule has 0 fully saturated rings. The van der Waals surface area contributed by atoms with E-state index >= 15 is 0 Å². The fourth-order valence-corrected chi connectivity index (χ4v) is 2.66. The van der Waals surface area contributed by atoms with Crippen LogP contribution in [0.5, 0.6) is 0 Å². The van der Waals surface area contributed by atoms with E-state index in [4.69, 9.17) is 4.74 Å². The Morgan fingerprint density at radius 2 is 1.92 bits per heavy atom. The smallest absolute Gasteiger partial charge is 0.326 e. The maximum Gasteiger partial charge on any atom is 0.326 e. The SMILES string of the molecule is CC(OC(=O)CNC(=O)c1ccccc1I)c1ccc(F)cc1F. The normalized spacial score (nSPS) is 11.7. The second-order valence-corrected chi connectivity index (χ2v) is 6.12. The summed E-state index contributed by atoms with van der Waals surface area (Å²) in [5.74, 6) is -2.62. The van der Waals surface area contributed by atoms with Gasteiger partial charge in [0.05, 0.1) is 5.56 Å². The predicted molar refractivity (Wildman–Crippen MR) is 92.4 cm³/mol. The number of esters is 1. The molecule has 1 atom stereocenters. The minimum absolute atomic E-state index is 0.0636. The van der Waals surface area contributed by atoms with Gasteiger partial charge in [-0.3, -0.25) is 9.59 Å². The van der Waals surface area contributed by atoms with Crippen LogP contribution in [0.4, 0.5) is 8.78 Å². The van der Waals surface area contributed by atoms with E-state index < -0.39 is 29.6 Å². The predicted octanol–water partition coefficient (Wildman–Crippen LogP) is 3.60. The number of carbonyl (C=O) groups excluding carboxylic acids is 2. The molecule has 7 heteroatoms. The lowest BCUT2D eigenvalue weighted by molar-refractivity contribution is -0.147. The summed E-state index contributed by atoms with van der Waals surface area (Å²) in [6.45, 7) is 1.12. The number of halogens is 3. The van der Waals surface area contributed by atoms with Gasteiger partial charge >= 0.3 is 5.97 Å². The summed E-state index contributed by atoms with van der Waals surface area (Å²) < 4.78 is 32.3. The summed E-state index contributed by atoms with van der Waals surface area (Å²) >= 11 is 2.02. The highest BCUT2D eigenvalue weighted by molar-refractivity contribution is 14.1. The Labute approximate surface area is 151 Å². The van der Waals surface area contributed by atoms with Crippen molar-refractivity contribution in [2.75, 3.05) is 6.54 Å². The van der Waals surface area contributed by atoms with Crippen LogP contribution in [0.15, 0.2) is 42.5 Å². The van der Waals surface area contributed by atoms with Gasteiger partial charge in [0.25, 0.3) is 5.91 Å². The molecule has 0 aliphatic heterocycles. The standard InChI is InChI=1S/C17H14F2INO3/c1-10(12-7-6-11(18)8-14(12)19)24-16(22)9-21-17(23)13-4-2-3-5-15(13)20/h2-8,10H,9H2,1H3,(H,21,23). The Balaban J connectivity index is 1.91. The summed E-state index contributed by atoms with van der Waals surface area (Å²) in [5.41, 5.74) is 0.511. The van der Waals surface area contributed by atoms with Gasteiger partial charge < -0.3 is 10.1 Å². The molecule has 0 radical (unpaired) electrons. The molecule has 0 bridgehead atoms. The monoisotopic (exact) mass is 445 g/mol. The summed E-state index contributed by atoms with van der Waals surface area (Å²) in [6, 6.07) is 9.95. The molecule has 1 amide bonds. The van der Waals surface area contributed by atoms with E-state index in [2.05, 4.69) is 5.32 Å². The third-order valence-corrected chi connectivity index (χ3v) is 4.16. The highest BCUT2D eigenvalue weighted by Gasteiger charge is 2.17. The van der Waals surface area contributed by atoms with Crippen molar-refractivity contribution in [3.63, 3.8) is 0 Å². The third-order valence-electron chi connectivity index (χ3n) is 3.22. The zero-order chi connectivity index (χ0) is 17.7. The van der Waals surface area contributed by atoms with Crippen LogP contribution in [-0.4, -0.2) is 18.4 Å². The molecular formula is C17H14F2INO3. The van der Waals surface area contributed by atoms with Gasteiger partial charge in [-0.1, -0.05) is 12.1 Å². The molecule has 0 aliphatic rings. The molecule has 0 aromatic heterocycles. The molecule has 0 spiro atoms. The average molecular weight is 445 g/mol. The number of ether oxygens (including phenoxy) is 1. The van der Waals surface area contributed by atoms with Crippen molar-refractivity contribution in [2.24, 2.45) is 0 Å². The van der Waals surface area contributed by atoms with Crippen LogP contribution in [0.3, 0.4) is 0 Å². The first-order chi connectivity index (χ1) is 11.4. The number of hydrogen-bond acceptors (Lipinski definition) is 3. The number of amides is 1.